The van der Waals surface area contributed by atoms with Crippen LogP contribution in [0.15, 0.2) is 40.9 Å². The summed E-state index contributed by atoms with van der Waals surface area (Å²) in [7, 11) is 0. The van der Waals surface area contributed by atoms with E-state index in [1.165, 1.54) is 0 Å². The molecule has 2 aromatic rings. The van der Waals surface area contributed by atoms with Crippen molar-refractivity contribution in [1.82, 2.24) is 0 Å². The van der Waals surface area contributed by atoms with Crippen LogP contribution in [0.4, 0.5) is 14.5 Å². The first-order chi connectivity index (χ1) is 10.0. The molecule has 0 aliphatic carbocycles. The summed E-state index contributed by atoms with van der Waals surface area (Å²) in [6, 6.07) is 8.69. The Kier molecular flexibility index (Phi) is 5.03. The van der Waals surface area contributed by atoms with Crippen LogP contribution in [0, 0.1) is 11.6 Å². The zero-order valence-electron chi connectivity index (χ0n) is 11.0. The summed E-state index contributed by atoms with van der Waals surface area (Å²) in [4.78, 5) is 12.0. The Labute approximate surface area is 129 Å². The van der Waals surface area contributed by atoms with E-state index in [2.05, 4.69) is 21.2 Å². The molecule has 3 N–H and O–H groups in total. The quantitative estimate of drug-likeness (QED) is 0.825. The summed E-state index contributed by atoms with van der Waals surface area (Å²) in [5.74, 6) is -1.86. The van der Waals surface area contributed by atoms with E-state index in [1.54, 1.807) is 24.3 Å². The second-order valence-corrected chi connectivity index (χ2v) is 5.29. The van der Waals surface area contributed by atoms with Gasteiger partial charge in [-0.05, 0) is 52.7 Å². The minimum absolute atomic E-state index is 0.00383. The van der Waals surface area contributed by atoms with E-state index >= 15 is 0 Å². The van der Waals surface area contributed by atoms with Gasteiger partial charge in [-0.1, -0.05) is 12.1 Å². The summed E-state index contributed by atoms with van der Waals surface area (Å²) >= 11 is 2.88. The van der Waals surface area contributed by atoms with Crippen LogP contribution in [0.2, 0.25) is 0 Å². The number of carbonyl (C=O) groups excluding carboxylic acids is 1. The van der Waals surface area contributed by atoms with E-state index in [-0.39, 0.29) is 10.2 Å². The third kappa shape index (κ3) is 3.86. The van der Waals surface area contributed by atoms with Crippen LogP contribution >= 0.6 is 15.9 Å². The molecule has 0 spiro atoms. The standard InChI is InChI=1S/C15H13BrF2N2O/c16-11-7-13(18)14(8-12(11)17)20-15(21)10-3-1-9(2-4-10)5-6-19/h1-4,7-8H,5-6,19H2,(H,20,21). The Bertz CT molecular complexity index is 659. The number of halogens is 3. The molecule has 0 aliphatic heterocycles. The summed E-state index contributed by atoms with van der Waals surface area (Å²) in [5.41, 5.74) is 6.61. The smallest absolute Gasteiger partial charge is 0.255 e. The normalized spacial score (nSPS) is 10.5. The van der Waals surface area contributed by atoms with Gasteiger partial charge < -0.3 is 11.1 Å². The van der Waals surface area contributed by atoms with Crippen LogP contribution in [0.3, 0.4) is 0 Å². The van der Waals surface area contributed by atoms with Crippen molar-refractivity contribution in [3.05, 3.63) is 63.6 Å². The van der Waals surface area contributed by atoms with Gasteiger partial charge in [0.25, 0.3) is 5.91 Å². The molecule has 0 fully saturated rings. The predicted molar refractivity (Wildman–Crippen MR) is 81.2 cm³/mol. The van der Waals surface area contributed by atoms with Gasteiger partial charge in [0, 0.05) is 11.6 Å². The molecular weight excluding hydrogens is 342 g/mol. The van der Waals surface area contributed by atoms with E-state index in [1.807, 2.05) is 0 Å². The third-order valence-electron chi connectivity index (χ3n) is 2.91. The molecule has 0 saturated carbocycles. The topological polar surface area (TPSA) is 55.1 Å². The van der Waals surface area contributed by atoms with Crippen LogP contribution < -0.4 is 11.1 Å². The van der Waals surface area contributed by atoms with Crippen LogP contribution in [0.1, 0.15) is 15.9 Å². The van der Waals surface area contributed by atoms with Gasteiger partial charge in [0.15, 0.2) is 0 Å². The molecule has 6 heteroatoms. The highest BCUT2D eigenvalue weighted by Crippen LogP contribution is 2.23. The molecule has 0 aromatic heterocycles. The fourth-order valence-corrected chi connectivity index (χ4v) is 2.12. The average Bonchev–Trinajstić information content (AvgIpc) is 2.46. The number of hydrogen-bond donors (Lipinski definition) is 2. The largest absolute Gasteiger partial charge is 0.330 e. The van der Waals surface area contributed by atoms with Crippen molar-refractivity contribution in [3.8, 4) is 0 Å². The lowest BCUT2D eigenvalue weighted by atomic mass is 10.1. The minimum atomic E-state index is -0.712. The fraction of sp³-hybridized carbons (Fsp3) is 0.133. The van der Waals surface area contributed by atoms with Crippen LogP contribution in [-0.2, 0) is 6.42 Å². The Morgan fingerprint density at radius 1 is 1.14 bits per heavy atom. The van der Waals surface area contributed by atoms with E-state index in [9.17, 15) is 13.6 Å². The predicted octanol–water partition coefficient (Wildman–Crippen LogP) is 3.48. The third-order valence-corrected chi connectivity index (χ3v) is 3.52. The maximum atomic E-state index is 13.6. The molecule has 0 atom stereocenters. The molecule has 2 rings (SSSR count). The van der Waals surface area contributed by atoms with Crippen LogP contribution in [-0.4, -0.2) is 12.5 Å². The lowest BCUT2D eigenvalue weighted by Gasteiger charge is -2.08. The highest BCUT2D eigenvalue weighted by Gasteiger charge is 2.12. The molecule has 0 radical (unpaired) electrons. The van der Waals surface area contributed by atoms with E-state index in [0.29, 0.717) is 18.5 Å². The van der Waals surface area contributed by atoms with Gasteiger partial charge >= 0.3 is 0 Å². The fourth-order valence-electron chi connectivity index (χ4n) is 1.80. The van der Waals surface area contributed by atoms with Crippen LogP contribution in [0.25, 0.3) is 0 Å². The molecule has 0 saturated heterocycles. The number of nitrogens with two attached hydrogens (primary N) is 1. The first-order valence-electron chi connectivity index (χ1n) is 6.26. The number of anilines is 1. The summed E-state index contributed by atoms with van der Waals surface area (Å²) in [6.45, 7) is 0.523. The molecular formula is C15H13BrF2N2O. The van der Waals surface area contributed by atoms with Crippen LogP contribution in [0.5, 0.6) is 0 Å². The Morgan fingerprint density at radius 2 is 1.81 bits per heavy atom. The van der Waals surface area contributed by atoms with Gasteiger partial charge in [-0.15, -0.1) is 0 Å². The van der Waals surface area contributed by atoms with Crippen molar-refractivity contribution in [2.75, 3.05) is 11.9 Å². The maximum absolute atomic E-state index is 13.6. The Balaban J connectivity index is 2.16. The summed E-state index contributed by atoms with van der Waals surface area (Å²) in [6.07, 6.45) is 0.717. The van der Waals surface area contributed by atoms with Gasteiger partial charge in [-0.3, -0.25) is 4.79 Å². The molecule has 110 valence electrons. The number of carbonyl (C=O) groups is 1. The van der Waals surface area contributed by atoms with E-state index in [4.69, 9.17) is 5.73 Å². The van der Waals surface area contributed by atoms with E-state index < -0.39 is 17.5 Å². The highest BCUT2D eigenvalue weighted by molar-refractivity contribution is 9.10. The monoisotopic (exact) mass is 354 g/mol. The highest BCUT2D eigenvalue weighted by atomic mass is 79.9. The maximum Gasteiger partial charge on any atom is 0.255 e. The summed E-state index contributed by atoms with van der Waals surface area (Å²) in [5, 5.41) is 2.35. The van der Waals surface area contributed by atoms with Gasteiger partial charge in [-0.25, -0.2) is 8.78 Å². The van der Waals surface area contributed by atoms with Crippen molar-refractivity contribution < 1.29 is 13.6 Å². The Hall–Kier alpha value is -1.79. The summed E-state index contributed by atoms with van der Waals surface area (Å²) < 4.78 is 27.0. The molecule has 0 aliphatic rings. The minimum Gasteiger partial charge on any atom is -0.330 e. The second-order valence-electron chi connectivity index (χ2n) is 4.44. The molecule has 21 heavy (non-hydrogen) atoms. The SMILES string of the molecule is NCCc1ccc(C(=O)Nc2cc(F)c(Br)cc2F)cc1. The van der Waals surface area contributed by atoms with Crippen molar-refractivity contribution >= 4 is 27.5 Å². The first-order valence-corrected chi connectivity index (χ1v) is 7.05. The second kappa shape index (κ2) is 6.78. The van der Waals surface area contributed by atoms with Gasteiger partial charge in [0.2, 0.25) is 0 Å². The van der Waals surface area contributed by atoms with Crippen molar-refractivity contribution in [1.29, 1.82) is 0 Å². The molecule has 2 aromatic carbocycles. The molecule has 0 bridgehead atoms. The average molecular weight is 355 g/mol. The number of benzene rings is 2. The lowest BCUT2D eigenvalue weighted by Crippen LogP contribution is -2.13. The lowest BCUT2D eigenvalue weighted by molar-refractivity contribution is 0.102. The molecule has 3 nitrogen and oxygen atoms in total. The van der Waals surface area contributed by atoms with Gasteiger partial charge in [0.05, 0.1) is 10.2 Å². The van der Waals surface area contributed by atoms with Gasteiger partial charge in [-0.2, -0.15) is 0 Å². The molecule has 0 heterocycles. The van der Waals surface area contributed by atoms with E-state index in [0.717, 1.165) is 17.7 Å². The number of nitrogens with one attached hydrogen (secondary N) is 1. The molecule has 0 unspecified atom stereocenters. The first kappa shape index (κ1) is 15.6. The number of hydrogen-bond acceptors (Lipinski definition) is 2. The Morgan fingerprint density at radius 3 is 2.43 bits per heavy atom. The van der Waals surface area contributed by atoms with Gasteiger partial charge in [0.1, 0.15) is 11.6 Å². The van der Waals surface area contributed by atoms with Crippen molar-refractivity contribution in [3.63, 3.8) is 0 Å². The zero-order chi connectivity index (χ0) is 15.4. The number of amides is 1. The van der Waals surface area contributed by atoms with Crippen molar-refractivity contribution in [2.24, 2.45) is 5.73 Å². The number of rotatable bonds is 4. The van der Waals surface area contributed by atoms with Crippen molar-refractivity contribution in [2.45, 2.75) is 6.42 Å². The zero-order valence-corrected chi connectivity index (χ0v) is 12.6. The molecule has 1 amide bonds.